The molecule has 0 N–H and O–H groups in total. The second-order valence-electron chi connectivity index (χ2n) is 6.04. The summed E-state index contributed by atoms with van der Waals surface area (Å²) in [6, 6.07) is 4.40. The van der Waals surface area contributed by atoms with E-state index in [1.807, 2.05) is 11.9 Å². The van der Waals surface area contributed by atoms with Crippen molar-refractivity contribution in [1.82, 2.24) is 9.80 Å². The Balaban J connectivity index is 1.93. The summed E-state index contributed by atoms with van der Waals surface area (Å²) in [4.78, 5) is 16.6. The number of nitrogens with zero attached hydrogens (tertiary/aromatic N) is 2. The van der Waals surface area contributed by atoms with Crippen LogP contribution < -0.4 is 4.74 Å². The molecule has 6 nitrogen and oxygen atoms in total. The van der Waals surface area contributed by atoms with Gasteiger partial charge in [0, 0.05) is 24.2 Å². The summed E-state index contributed by atoms with van der Waals surface area (Å²) in [6.45, 7) is 1.15. The summed E-state index contributed by atoms with van der Waals surface area (Å²) in [5, 5.41) is 0.484. The molecule has 1 aromatic rings. The molecular formula is C15H19ClN2O4S. The molecule has 2 aliphatic rings. The number of fused-ring (bicyclic) bond motifs is 1. The van der Waals surface area contributed by atoms with Crippen LogP contribution >= 0.6 is 11.6 Å². The normalized spacial score (nSPS) is 26.8. The van der Waals surface area contributed by atoms with Gasteiger partial charge in [0.15, 0.2) is 9.84 Å². The van der Waals surface area contributed by atoms with Crippen molar-refractivity contribution in [2.45, 2.75) is 12.1 Å². The van der Waals surface area contributed by atoms with Crippen LogP contribution in [0, 0.1) is 0 Å². The molecule has 2 atom stereocenters. The van der Waals surface area contributed by atoms with Crippen molar-refractivity contribution in [3.63, 3.8) is 0 Å². The van der Waals surface area contributed by atoms with Gasteiger partial charge in [0.2, 0.25) is 0 Å². The third-order valence-corrected chi connectivity index (χ3v) is 6.54. The number of likely N-dealkylation sites (N-methyl/N-ethyl adjacent to an activating group) is 1. The number of methoxy groups -OCH3 is 1. The smallest absolute Gasteiger partial charge is 0.257 e. The average molecular weight is 359 g/mol. The van der Waals surface area contributed by atoms with Crippen molar-refractivity contribution in [2.24, 2.45) is 0 Å². The van der Waals surface area contributed by atoms with E-state index in [0.717, 1.165) is 0 Å². The molecule has 0 bridgehead atoms. The first-order chi connectivity index (χ1) is 10.8. The number of halogens is 1. The highest BCUT2D eigenvalue weighted by molar-refractivity contribution is 7.91. The number of sulfone groups is 1. The monoisotopic (exact) mass is 358 g/mol. The van der Waals surface area contributed by atoms with Crippen LogP contribution in [-0.2, 0) is 9.84 Å². The quantitative estimate of drug-likeness (QED) is 0.786. The molecule has 0 saturated carbocycles. The van der Waals surface area contributed by atoms with Crippen molar-refractivity contribution >= 4 is 27.3 Å². The minimum absolute atomic E-state index is 0.0175. The van der Waals surface area contributed by atoms with E-state index in [1.165, 1.54) is 7.11 Å². The van der Waals surface area contributed by atoms with Crippen molar-refractivity contribution in [3.8, 4) is 5.75 Å². The van der Waals surface area contributed by atoms with E-state index in [4.69, 9.17) is 16.3 Å². The molecule has 1 aromatic carbocycles. The summed E-state index contributed by atoms with van der Waals surface area (Å²) in [6.07, 6.45) is 0. The van der Waals surface area contributed by atoms with Gasteiger partial charge in [-0.15, -0.1) is 0 Å². The van der Waals surface area contributed by atoms with Gasteiger partial charge in [-0.25, -0.2) is 8.42 Å². The molecule has 3 rings (SSSR count). The van der Waals surface area contributed by atoms with Gasteiger partial charge in [0.05, 0.1) is 30.2 Å². The fourth-order valence-corrected chi connectivity index (χ4v) is 5.59. The summed E-state index contributed by atoms with van der Waals surface area (Å²) in [7, 11) is 0.267. The Labute approximate surface area is 140 Å². The van der Waals surface area contributed by atoms with Crippen molar-refractivity contribution in [1.29, 1.82) is 0 Å². The SMILES string of the molecule is COc1cc(Cl)ccc1C(=O)N1CCN(C)[C@H]2CS(=O)(=O)C[C@H]21. The van der Waals surface area contributed by atoms with Crippen LogP contribution in [0.3, 0.4) is 0 Å². The minimum Gasteiger partial charge on any atom is -0.496 e. The number of hydrogen-bond donors (Lipinski definition) is 0. The highest BCUT2D eigenvalue weighted by Crippen LogP contribution is 2.30. The van der Waals surface area contributed by atoms with E-state index in [0.29, 0.717) is 29.4 Å². The first-order valence-corrected chi connectivity index (χ1v) is 9.57. The van der Waals surface area contributed by atoms with Gasteiger partial charge in [0.1, 0.15) is 5.75 Å². The Hall–Kier alpha value is -1.31. The number of ether oxygens (including phenoxy) is 1. The minimum atomic E-state index is -3.12. The zero-order valence-electron chi connectivity index (χ0n) is 13.0. The van der Waals surface area contributed by atoms with Crippen LogP contribution in [0.1, 0.15) is 10.4 Å². The van der Waals surface area contributed by atoms with Gasteiger partial charge in [-0.05, 0) is 25.2 Å². The third kappa shape index (κ3) is 3.05. The van der Waals surface area contributed by atoms with Crippen molar-refractivity contribution in [2.75, 3.05) is 38.8 Å². The lowest BCUT2D eigenvalue weighted by Crippen LogP contribution is -2.59. The van der Waals surface area contributed by atoms with E-state index in [9.17, 15) is 13.2 Å². The number of benzene rings is 1. The molecular weight excluding hydrogens is 340 g/mol. The Morgan fingerprint density at radius 1 is 1.26 bits per heavy atom. The topological polar surface area (TPSA) is 66.9 Å². The predicted octanol–water partition coefficient (Wildman–Crippen LogP) is 0.902. The highest BCUT2D eigenvalue weighted by Gasteiger charge is 2.47. The second kappa shape index (κ2) is 5.96. The fraction of sp³-hybridized carbons (Fsp3) is 0.533. The number of carbonyl (C=O) groups excluding carboxylic acids is 1. The summed E-state index contributed by atoms with van der Waals surface area (Å²) < 4.78 is 29.3. The standard InChI is InChI=1S/C15H19ClN2O4S/c1-17-5-6-18(13-9-23(20,21)8-12(13)17)15(19)11-4-3-10(16)7-14(11)22-2/h3-4,7,12-13H,5-6,8-9H2,1-2H3/t12-,13+/m0/s1. The average Bonchev–Trinajstić information content (AvgIpc) is 2.83. The lowest BCUT2D eigenvalue weighted by atomic mass is 10.0. The summed E-state index contributed by atoms with van der Waals surface area (Å²) in [5.74, 6) is 0.317. The Kier molecular flexibility index (Phi) is 4.29. The Morgan fingerprint density at radius 2 is 1.96 bits per heavy atom. The van der Waals surface area contributed by atoms with Gasteiger partial charge in [0.25, 0.3) is 5.91 Å². The number of carbonyl (C=O) groups is 1. The molecule has 2 saturated heterocycles. The molecule has 0 aliphatic carbocycles. The van der Waals surface area contributed by atoms with Gasteiger partial charge >= 0.3 is 0 Å². The maximum Gasteiger partial charge on any atom is 0.257 e. The Morgan fingerprint density at radius 3 is 2.65 bits per heavy atom. The molecule has 1 amide bonds. The largest absolute Gasteiger partial charge is 0.496 e. The zero-order valence-corrected chi connectivity index (χ0v) is 14.6. The summed E-state index contributed by atoms with van der Waals surface area (Å²) in [5.41, 5.74) is 0.407. The van der Waals surface area contributed by atoms with E-state index in [2.05, 4.69) is 0 Å². The number of hydrogen-bond acceptors (Lipinski definition) is 5. The number of rotatable bonds is 2. The molecule has 126 valence electrons. The van der Waals surface area contributed by atoms with Crippen LogP contribution in [0.5, 0.6) is 5.75 Å². The molecule has 0 unspecified atom stereocenters. The van der Waals surface area contributed by atoms with Crippen molar-refractivity contribution < 1.29 is 17.9 Å². The van der Waals surface area contributed by atoms with Gasteiger partial charge < -0.3 is 9.64 Å². The lowest BCUT2D eigenvalue weighted by Gasteiger charge is -2.42. The number of amides is 1. The van der Waals surface area contributed by atoms with Crippen LogP contribution in [0.2, 0.25) is 5.02 Å². The van der Waals surface area contributed by atoms with Gasteiger partial charge in [-0.2, -0.15) is 0 Å². The first kappa shape index (κ1) is 16.5. The molecule has 23 heavy (non-hydrogen) atoms. The molecule has 2 aliphatic heterocycles. The molecule has 0 aromatic heterocycles. The zero-order chi connectivity index (χ0) is 16.8. The predicted molar refractivity (Wildman–Crippen MR) is 87.9 cm³/mol. The van der Waals surface area contributed by atoms with Crippen LogP contribution in [-0.4, -0.2) is 75.0 Å². The first-order valence-electron chi connectivity index (χ1n) is 7.37. The molecule has 0 radical (unpaired) electrons. The lowest BCUT2D eigenvalue weighted by molar-refractivity contribution is 0.0407. The summed E-state index contributed by atoms with van der Waals surface area (Å²) >= 11 is 5.94. The fourth-order valence-electron chi connectivity index (χ4n) is 3.37. The van der Waals surface area contributed by atoms with Gasteiger partial charge in [-0.1, -0.05) is 11.6 Å². The van der Waals surface area contributed by atoms with E-state index in [1.54, 1.807) is 23.1 Å². The number of piperazine rings is 1. The van der Waals surface area contributed by atoms with Crippen LogP contribution in [0.4, 0.5) is 0 Å². The Bertz CT molecular complexity index is 737. The molecule has 0 spiro atoms. The van der Waals surface area contributed by atoms with E-state index in [-0.39, 0.29) is 29.5 Å². The van der Waals surface area contributed by atoms with Crippen molar-refractivity contribution in [3.05, 3.63) is 28.8 Å². The van der Waals surface area contributed by atoms with E-state index < -0.39 is 9.84 Å². The second-order valence-corrected chi connectivity index (χ2v) is 8.63. The van der Waals surface area contributed by atoms with E-state index >= 15 is 0 Å². The maximum atomic E-state index is 12.9. The maximum absolute atomic E-state index is 12.9. The molecule has 2 fully saturated rings. The van der Waals surface area contributed by atoms with Gasteiger partial charge in [-0.3, -0.25) is 9.69 Å². The van der Waals surface area contributed by atoms with Crippen LogP contribution in [0.25, 0.3) is 0 Å². The molecule has 2 heterocycles. The van der Waals surface area contributed by atoms with Crippen LogP contribution in [0.15, 0.2) is 18.2 Å². The molecule has 8 heteroatoms. The highest BCUT2D eigenvalue weighted by atomic mass is 35.5. The third-order valence-electron chi connectivity index (χ3n) is 4.61.